The summed E-state index contributed by atoms with van der Waals surface area (Å²) in [5, 5.41) is 2.87. The summed E-state index contributed by atoms with van der Waals surface area (Å²) in [6.07, 6.45) is 0.432. The fourth-order valence-electron chi connectivity index (χ4n) is 0.843. The van der Waals surface area contributed by atoms with E-state index in [1.165, 1.54) is 0 Å². The molecule has 0 aromatic heterocycles. The van der Waals surface area contributed by atoms with Gasteiger partial charge < -0.3 is 9.47 Å². The summed E-state index contributed by atoms with van der Waals surface area (Å²) in [7, 11) is 1.54. The lowest BCUT2D eigenvalue weighted by Crippen LogP contribution is -2.39. The second-order valence-corrected chi connectivity index (χ2v) is 2.39. The Morgan fingerprint density at radius 1 is 1.90 bits per heavy atom. The van der Waals surface area contributed by atoms with Crippen molar-refractivity contribution in [3.05, 3.63) is 0 Å². The van der Waals surface area contributed by atoms with E-state index in [9.17, 15) is 4.79 Å². The molecule has 1 N–H and O–H groups in total. The third-order valence-electron chi connectivity index (χ3n) is 1.48. The van der Waals surface area contributed by atoms with E-state index in [4.69, 9.17) is 9.47 Å². The molecule has 0 radical (unpaired) electrons. The molecule has 0 aromatic carbocycles. The lowest BCUT2D eigenvalue weighted by Gasteiger charge is -2.15. The highest BCUT2D eigenvalue weighted by Crippen LogP contribution is 2.13. The monoisotopic (exact) mass is 145 g/mol. The maximum absolute atomic E-state index is 10.3. The van der Waals surface area contributed by atoms with Crippen molar-refractivity contribution in [1.29, 1.82) is 0 Å². The normalized spacial score (nSPS) is 40.0. The molecule has 0 bridgehead atoms. The van der Waals surface area contributed by atoms with Gasteiger partial charge >= 0.3 is 0 Å². The SMILES string of the molecule is COC1CNC(C)(C=O)O1. The zero-order valence-corrected chi connectivity index (χ0v) is 6.09. The molecule has 1 rings (SSSR count). The summed E-state index contributed by atoms with van der Waals surface area (Å²) in [4.78, 5) is 10.3. The van der Waals surface area contributed by atoms with Crippen molar-refractivity contribution in [3.63, 3.8) is 0 Å². The van der Waals surface area contributed by atoms with Crippen LogP contribution in [0.15, 0.2) is 0 Å². The van der Waals surface area contributed by atoms with Gasteiger partial charge in [-0.25, -0.2) is 0 Å². The number of methoxy groups -OCH3 is 1. The highest BCUT2D eigenvalue weighted by Gasteiger charge is 2.34. The summed E-state index contributed by atoms with van der Waals surface area (Å²) < 4.78 is 10.0. The van der Waals surface area contributed by atoms with Crippen molar-refractivity contribution in [2.75, 3.05) is 13.7 Å². The number of ether oxygens (including phenoxy) is 2. The van der Waals surface area contributed by atoms with Crippen molar-refractivity contribution >= 4 is 6.29 Å². The Morgan fingerprint density at radius 2 is 2.60 bits per heavy atom. The van der Waals surface area contributed by atoms with Gasteiger partial charge in [-0.15, -0.1) is 0 Å². The minimum Gasteiger partial charge on any atom is -0.354 e. The van der Waals surface area contributed by atoms with Crippen LogP contribution >= 0.6 is 0 Å². The molecule has 2 atom stereocenters. The second kappa shape index (κ2) is 2.65. The molecule has 4 heteroatoms. The van der Waals surface area contributed by atoms with E-state index in [0.29, 0.717) is 6.54 Å². The first-order valence-corrected chi connectivity index (χ1v) is 3.12. The van der Waals surface area contributed by atoms with Gasteiger partial charge in [0.2, 0.25) is 0 Å². The van der Waals surface area contributed by atoms with Gasteiger partial charge in [-0.05, 0) is 6.92 Å². The first-order valence-electron chi connectivity index (χ1n) is 3.12. The Balaban J connectivity index is 2.48. The Labute approximate surface area is 59.5 Å². The molecule has 1 aliphatic heterocycles. The number of hydrogen-bond acceptors (Lipinski definition) is 4. The van der Waals surface area contributed by atoms with Crippen LogP contribution in [-0.4, -0.2) is 32.0 Å². The van der Waals surface area contributed by atoms with Crippen molar-refractivity contribution in [2.45, 2.75) is 18.9 Å². The van der Waals surface area contributed by atoms with Crippen LogP contribution in [0.5, 0.6) is 0 Å². The van der Waals surface area contributed by atoms with Crippen molar-refractivity contribution in [3.8, 4) is 0 Å². The fraction of sp³-hybridized carbons (Fsp3) is 0.833. The summed E-state index contributed by atoms with van der Waals surface area (Å²) >= 11 is 0. The number of aldehydes is 1. The van der Waals surface area contributed by atoms with Crippen LogP contribution in [0.4, 0.5) is 0 Å². The highest BCUT2D eigenvalue weighted by molar-refractivity contribution is 5.61. The van der Waals surface area contributed by atoms with Crippen LogP contribution < -0.4 is 5.32 Å². The van der Waals surface area contributed by atoms with Gasteiger partial charge in [0.15, 0.2) is 18.3 Å². The van der Waals surface area contributed by atoms with Gasteiger partial charge in [-0.3, -0.25) is 10.1 Å². The van der Waals surface area contributed by atoms with Gasteiger partial charge in [-0.2, -0.15) is 0 Å². The maximum atomic E-state index is 10.3. The summed E-state index contributed by atoms with van der Waals surface area (Å²) in [6, 6.07) is 0. The average molecular weight is 145 g/mol. The average Bonchev–Trinajstić information content (AvgIpc) is 2.33. The van der Waals surface area contributed by atoms with Gasteiger partial charge in [-0.1, -0.05) is 0 Å². The van der Waals surface area contributed by atoms with Crippen LogP contribution in [0, 0.1) is 0 Å². The molecule has 4 nitrogen and oxygen atoms in total. The number of hydrogen-bond donors (Lipinski definition) is 1. The number of rotatable bonds is 2. The fourth-order valence-corrected chi connectivity index (χ4v) is 0.843. The quantitative estimate of drug-likeness (QED) is 0.532. The van der Waals surface area contributed by atoms with Crippen molar-refractivity contribution in [2.24, 2.45) is 0 Å². The van der Waals surface area contributed by atoms with Crippen LogP contribution in [-0.2, 0) is 14.3 Å². The molecule has 1 fully saturated rings. The van der Waals surface area contributed by atoms with E-state index in [2.05, 4.69) is 5.32 Å². The lowest BCUT2D eigenvalue weighted by atomic mass is 10.3. The van der Waals surface area contributed by atoms with Crippen LogP contribution in [0.1, 0.15) is 6.92 Å². The first kappa shape index (κ1) is 7.65. The zero-order valence-electron chi connectivity index (χ0n) is 6.09. The summed E-state index contributed by atoms with van der Waals surface area (Å²) in [5.41, 5.74) is -0.847. The first-order chi connectivity index (χ1) is 4.70. The van der Waals surface area contributed by atoms with Gasteiger partial charge in [0.05, 0.1) is 0 Å². The molecule has 1 aliphatic rings. The predicted molar refractivity (Wildman–Crippen MR) is 34.4 cm³/mol. The zero-order chi connectivity index (χ0) is 7.61. The molecule has 1 saturated heterocycles. The molecular formula is C6H11NO3. The van der Waals surface area contributed by atoms with Crippen LogP contribution in [0.3, 0.4) is 0 Å². The molecule has 0 aliphatic carbocycles. The van der Waals surface area contributed by atoms with E-state index in [0.717, 1.165) is 6.29 Å². The Bertz CT molecular complexity index is 139. The third-order valence-corrected chi connectivity index (χ3v) is 1.48. The lowest BCUT2D eigenvalue weighted by molar-refractivity contribution is -0.157. The third kappa shape index (κ3) is 1.34. The van der Waals surface area contributed by atoms with E-state index >= 15 is 0 Å². The number of carbonyl (C=O) groups is 1. The molecule has 0 saturated carbocycles. The predicted octanol–water partition coefficient (Wildman–Crippen LogP) is -0.506. The van der Waals surface area contributed by atoms with Crippen molar-refractivity contribution < 1.29 is 14.3 Å². The van der Waals surface area contributed by atoms with E-state index in [1.807, 2.05) is 0 Å². The minimum absolute atomic E-state index is 0.296. The standard InChI is InChI=1S/C6H11NO3/c1-6(4-8)7-3-5(9-2)10-6/h4-5,7H,3H2,1-2H3. The minimum atomic E-state index is -0.847. The van der Waals surface area contributed by atoms with E-state index < -0.39 is 5.72 Å². The van der Waals surface area contributed by atoms with E-state index in [-0.39, 0.29) is 6.29 Å². The molecule has 0 amide bonds. The largest absolute Gasteiger partial charge is 0.354 e. The maximum Gasteiger partial charge on any atom is 0.176 e. The molecular weight excluding hydrogens is 134 g/mol. The van der Waals surface area contributed by atoms with Gasteiger partial charge in [0, 0.05) is 13.7 Å². The summed E-state index contributed by atoms with van der Waals surface area (Å²) in [5.74, 6) is 0. The Morgan fingerprint density at radius 3 is 2.90 bits per heavy atom. The topological polar surface area (TPSA) is 47.6 Å². The second-order valence-electron chi connectivity index (χ2n) is 2.39. The Kier molecular flexibility index (Phi) is 2.03. The molecule has 10 heavy (non-hydrogen) atoms. The van der Waals surface area contributed by atoms with E-state index in [1.54, 1.807) is 14.0 Å². The van der Waals surface area contributed by atoms with Crippen LogP contribution in [0.2, 0.25) is 0 Å². The van der Waals surface area contributed by atoms with Gasteiger partial charge in [0.25, 0.3) is 0 Å². The molecule has 0 spiro atoms. The summed E-state index contributed by atoms with van der Waals surface area (Å²) in [6.45, 7) is 2.23. The molecule has 1 heterocycles. The number of carbonyl (C=O) groups excluding carboxylic acids is 1. The van der Waals surface area contributed by atoms with Crippen LogP contribution in [0.25, 0.3) is 0 Å². The molecule has 2 unspecified atom stereocenters. The van der Waals surface area contributed by atoms with Gasteiger partial charge in [0.1, 0.15) is 0 Å². The smallest absolute Gasteiger partial charge is 0.176 e. The number of nitrogens with one attached hydrogen (secondary N) is 1. The Hall–Kier alpha value is -0.450. The van der Waals surface area contributed by atoms with Crippen molar-refractivity contribution in [1.82, 2.24) is 5.32 Å². The highest BCUT2D eigenvalue weighted by atomic mass is 16.7. The molecule has 58 valence electrons. The molecule has 0 aromatic rings.